The number of carbonyl (C=O) groups excluding carboxylic acids is 2. The highest BCUT2D eigenvalue weighted by Crippen LogP contribution is 2.35. The van der Waals surface area contributed by atoms with Crippen molar-refractivity contribution in [1.29, 1.82) is 0 Å². The van der Waals surface area contributed by atoms with E-state index in [9.17, 15) is 36.7 Å². The van der Waals surface area contributed by atoms with E-state index in [0.29, 0.717) is 6.42 Å². The summed E-state index contributed by atoms with van der Waals surface area (Å²) in [6, 6.07) is 10.9. The van der Waals surface area contributed by atoms with E-state index in [0.717, 1.165) is 41.4 Å². The SMILES string of the molecule is CCOC(=O)CN1C(=O)C(Cc2ccccc2)SC1=Nc1cc(-n2c(=O)cc(C(F)(F)F)n(C)c2=O)c(F)cc1Cl. The number of aliphatic imine (C=N–C) groups is 1. The zero-order chi connectivity index (χ0) is 30.1. The van der Waals surface area contributed by atoms with Gasteiger partial charge in [0, 0.05) is 13.1 Å². The fourth-order valence-corrected chi connectivity index (χ4v) is 5.42. The number of rotatable bonds is 7. The number of benzene rings is 2. The van der Waals surface area contributed by atoms with Gasteiger partial charge in [-0.15, -0.1) is 0 Å². The zero-order valence-electron chi connectivity index (χ0n) is 21.4. The van der Waals surface area contributed by atoms with E-state index in [4.69, 9.17) is 16.3 Å². The Bertz CT molecular complexity index is 1660. The maximum absolute atomic E-state index is 15.0. The van der Waals surface area contributed by atoms with E-state index >= 15 is 0 Å². The molecule has 15 heteroatoms. The molecule has 0 bridgehead atoms. The van der Waals surface area contributed by atoms with E-state index in [2.05, 4.69) is 4.99 Å². The molecule has 0 radical (unpaired) electrons. The van der Waals surface area contributed by atoms with Gasteiger partial charge in [0.05, 0.1) is 28.3 Å². The Hall–Kier alpha value is -3.91. The number of alkyl halides is 3. The molecule has 1 aromatic heterocycles. The Balaban J connectivity index is 1.80. The van der Waals surface area contributed by atoms with Gasteiger partial charge in [-0.25, -0.2) is 18.7 Å². The lowest BCUT2D eigenvalue weighted by atomic mass is 10.1. The molecule has 2 aromatic carbocycles. The van der Waals surface area contributed by atoms with Crippen molar-refractivity contribution in [3.63, 3.8) is 0 Å². The summed E-state index contributed by atoms with van der Waals surface area (Å²) < 4.78 is 60.1. The summed E-state index contributed by atoms with van der Waals surface area (Å²) in [6.45, 7) is 1.19. The largest absolute Gasteiger partial charge is 0.465 e. The van der Waals surface area contributed by atoms with Gasteiger partial charge in [0.2, 0.25) is 5.91 Å². The minimum atomic E-state index is -5.01. The normalized spacial score (nSPS) is 16.5. The van der Waals surface area contributed by atoms with Gasteiger partial charge >= 0.3 is 17.8 Å². The summed E-state index contributed by atoms with van der Waals surface area (Å²) in [5.41, 5.74) is -4.48. The third-order valence-electron chi connectivity index (χ3n) is 5.96. The van der Waals surface area contributed by atoms with Crippen molar-refractivity contribution in [3.8, 4) is 5.69 Å². The maximum atomic E-state index is 15.0. The first-order chi connectivity index (χ1) is 19.3. The van der Waals surface area contributed by atoms with Gasteiger partial charge in [-0.2, -0.15) is 13.2 Å². The number of halogens is 5. The summed E-state index contributed by atoms with van der Waals surface area (Å²) >= 11 is 7.21. The molecule has 4 rings (SSSR count). The van der Waals surface area contributed by atoms with Gasteiger partial charge in [-0.1, -0.05) is 53.7 Å². The van der Waals surface area contributed by atoms with E-state index in [1.165, 1.54) is 0 Å². The number of nitrogens with zero attached hydrogens (tertiary/aromatic N) is 4. The predicted octanol–water partition coefficient (Wildman–Crippen LogP) is 4.08. The average Bonchev–Trinajstić information content (AvgIpc) is 3.17. The van der Waals surface area contributed by atoms with Crippen molar-refractivity contribution < 1.29 is 31.9 Å². The number of amides is 1. The van der Waals surface area contributed by atoms with Crippen molar-refractivity contribution in [2.24, 2.45) is 12.0 Å². The van der Waals surface area contributed by atoms with Crippen LogP contribution in [0.2, 0.25) is 5.02 Å². The monoisotopic (exact) mass is 612 g/mol. The number of ether oxygens (including phenoxy) is 1. The van der Waals surface area contributed by atoms with Gasteiger partial charge in [0.15, 0.2) is 5.17 Å². The Morgan fingerprint density at radius 2 is 1.80 bits per heavy atom. The van der Waals surface area contributed by atoms with Crippen LogP contribution in [0, 0.1) is 5.82 Å². The summed E-state index contributed by atoms with van der Waals surface area (Å²) in [4.78, 5) is 56.2. The highest BCUT2D eigenvalue weighted by Gasteiger charge is 2.40. The third kappa shape index (κ3) is 6.38. The molecule has 0 aliphatic carbocycles. The minimum absolute atomic E-state index is 0.0103. The highest BCUT2D eigenvalue weighted by molar-refractivity contribution is 8.15. The molecular formula is C26H21ClF4N4O5S. The number of hydrogen-bond donors (Lipinski definition) is 0. The first-order valence-corrected chi connectivity index (χ1v) is 13.2. The second kappa shape index (κ2) is 11.9. The average molecular weight is 613 g/mol. The van der Waals surface area contributed by atoms with Crippen molar-refractivity contribution in [3.05, 3.63) is 91.5 Å². The quantitative estimate of drug-likeness (QED) is 0.294. The molecule has 2 heterocycles. The van der Waals surface area contributed by atoms with Crippen LogP contribution < -0.4 is 11.2 Å². The van der Waals surface area contributed by atoms with Crippen molar-refractivity contribution in [1.82, 2.24) is 14.0 Å². The molecule has 0 N–H and O–H groups in total. The smallest absolute Gasteiger partial charge is 0.431 e. The van der Waals surface area contributed by atoms with Crippen LogP contribution in [0.3, 0.4) is 0 Å². The van der Waals surface area contributed by atoms with Gasteiger partial charge in [0.1, 0.15) is 18.1 Å². The van der Waals surface area contributed by atoms with Gasteiger partial charge < -0.3 is 4.74 Å². The van der Waals surface area contributed by atoms with E-state index in [1.807, 2.05) is 18.2 Å². The first kappa shape index (κ1) is 30.1. The van der Waals surface area contributed by atoms with Crippen LogP contribution in [-0.2, 0) is 34.0 Å². The molecule has 0 spiro atoms. The fraction of sp³-hybridized carbons (Fsp3) is 0.269. The number of aromatic nitrogens is 2. The Morgan fingerprint density at radius 1 is 1.12 bits per heavy atom. The first-order valence-electron chi connectivity index (χ1n) is 12.0. The topological polar surface area (TPSA) is 103 Å². The van der Waals surface area contributed by atoms with Gasteiger partial charge in [0.25, 0.3) is 5.56 Å². The zero-order valence-corrected chi connectivity index (χ0v) is 23.0. The number of hydrogen-bond acceptors (Lipinski definition) is 7. The summed E-state index contributed by atoms with van der Waals surface area (Å²) in [5.74, 6) is -2.34. The van der Waals surface area contributed by atoms with Gasteiger partial charge in [-0.05, 0) is 31.0 Å². The lowest BCUT2D eigenvalue weighted by molar-refractivity contribution is -0.146. The Kier molecular flexibility index (Phi) is 8.73. The molecule has 1 atom stereocenters. The Morgan fingerprint density at radius 3 is 2.44 bits per heavy atom. The second-order valence-electron chi connectivity index (χ2n) is 8.72. The van der Waals surface area contributed by atoms with Crippen molar-refractivity contribution in [2.45, 2.75) is 24.8 Å². The summed E-state index contributed by atoms with van der Waals surface area (Å²) in [6.07, 6.45) is -4.71. The van der Waals surface area contributed by atoms with Crippen LogP contribution in [-0.4, -0.2) is 49.5 Å². The Labute approximate surface area is 239 Å². The highest BCUT2D eigenvalue weighted by atomic mass is 35.5. The van der Waals surface area contributed by atoms with E-state index in [1.54, 1.807) is 19.1 Å². The minimum Gasteiger partial charge on any atom is -0.465 e. The van der Waals surface area contributed by atoms with E-state index < -0.39 is 58.3 Å². The lowest BCUT2D eigenvalue weighted by Crippen LogP contribution is -2.41. The van der Waals surface area contributed by atoms with Crippen molar-refractivity contribution >= 4 is 46.1 Å². The lowest BCUT2D eigenvalue weighted by Gasteiger charge is -2.16. The molecular weight excluding hydrogens is 592 g/mol. The second-order valence-corrected chi connectivity index (χ2v) is 10.3. The van der Waals surface area contributed by atoms with Crippen LogP contribution in [0.25, 0.3) is 5.69 Å². The molecule has 0 saturated carbocycles. The molecule has 216 valence electrons. The number of esters is 1. The standard InChI is InChI=1S/C26H21ClF4N4O5S/c1-3-40-22(37)13-34-23(38)19(9-14-7-5-4-6-8-14)41-24(34)32-17-11-18(16(28)10-15(17)27)35-21(36)12-20(26(29,30)31)33(2)25(35)39/h4-8,10-12,19H,3,9,13H2,1-2H3. The summed E-state index contributed by atoms with van der Waals surface area (Å²) in [5, 5.41) is -0.962. The molecule has 1 fully saturated rings. The molecule has 1 amide bonds. The number of amidine groups is 1. The molecule has 1 saturated heterocycles. The fourth-order valence-electron chi connectivity index (χ4n) is 4.04. The molecule has 3 aromatic rings. The molecule has 1 aliphatic rings. The predicted molar refractivity (Wildman–Crippen MR) is 144 cm³/mol. The number of thioether (sulfide) groups is 1. The van der Waals surface area contributed by atoms with Crippen LogP contribution >= 0.6 is 23.4 Å². The summed E-state index contributed by atoms with van der Waals surface area (Å²) in [7, 11) is 0.789. The molecule has 1 aliphatic heterocycles. The van der Waals surface area contributed by atoms with Crippen LogP contribution in [0.5, 0.6) is 0 Å². The van der Waals surface area contributed by atoms with Crippen LogP contribution in [0.4, 0.5) is 23.2 Å². The van der Waals surface area contributed by atoms with Crippen LogP contribution in [0.1, 0.15) is 18.2 Å². The van der Waals surface area contributed by atoms with Crippen molar-refractivity contribution in [2.75, 3.05) is 13.2 Å². The third-order valence-corrected chi connectivity index (χ3v) is 7.44. The molecule has 1 unspecified atom stereocenters. The molecule has 9 nitrogen and oxygen atoms in total. The van der Waals surface area contributed by atoms with Gasteiger partial charge in [-0.3, -0.25) is 23.9 Å². The maximum Gasteiger partial charge on any atom is 0.431 e. The van der Waals surface area contributed by atoms with Crippen LogP contribution in [0.15, 0.2) is 63.1 Å². The molecule has 41 heavy (non-hydrogen) atoms. The number of carbonyl (C=O) groups is 2. The van der Waals surface area contributed by atoms with E-state index in [-0.39, 0.29) is 37.7 Å².